The Kier molecular flexibility index (Phi) is 8.03. The minimum absolute atomic E-state index is 0.0359. The Labute approximate surface area is 223 Å². The predicted octanol–water partition coefficient (Wildman–Crippen LogP) is 2.70. The minimum Gasteiger partial charge on any atom is -0.497 e. The third-order valence-corrected chi connectivity index (χ3v) is 9.27. The molecule has 38 heavy (non-hydrogen) atoms. The monoisotopic (exact) mass is 556 g/mol. The van der Waals surface area contributed by atoms with Crippen molar-refractivity contribution in [1.82, 2.24) is 18.8 Å². The Hall–Kier alpha value is -3.32. The van der Waals surface area contributed by atoms with Crippen LogP contribution in [0.3, 0.4) is 0 Å². The number of hydrogen-bond acceptors (Lipinski definition) is 9. The van der Waals surface area contributed by atoms with E-state index < -0.39 is 20.8 Å². The summed E-state index contributed by atoms with van der Waals surface area (Å²) in [5, 5.41) is -0.0679. The van der Waals surface area contributed by atoms with Crippen molar-refractivity contribution in [2.75, 3.05) is 46.6 Å². The van der Waals surface area contributed by atoms with E-state index in [1.807, 2.05) is 0 Å². The number of pyridine rings is 1. The number of hydrogen-bond donors (Lipinski definition) is 0. The number of rotatable bonds is 10. The van der Waals surface area contributed by atoms with E-state index in [0.717, 1.165) is 42.4 Å². The van der Waals surface area contributed by atoms with Crippen LogP contribution >= 0.6 is 0 Å². The summed E-state index contributed by atoms with van der Waals surface area (Å²) in [6.45, 7) is 4.43. The highest BCUT2D eigenvalue weighted by Crippen LogP contribution is 2.27. The van der Waals surface area contributed by atoms with Crippen LogP contribution < -0.4 is 9.47 Å². The normalized spacial score (nSPS) is 15.4. The maximum atomic E-state index is 13.8. The number of methoxy groups -OCH3 is 1. The molecule has 12 heteroatoms. The largest absolute Gasteiger partial charge is 0.497 e. The van der Waals surface area contributed by atoms with Gasteiger partial charge < -0.3 is 14.2 Å². The van der Waals surface area contributed by atoms with Gasteiger partial charge >= 0.3 is 0 Å². The Morgan fingerprint density at radius 2 is 1.84 bits per heavy atom. The zero-order valence-corrected chi connectivity index (χ0v) is 22.5. The molecule has 0 N–H and O–H groups in total. The number of fused-ring (bicyclic) bond motifs is 1. The molecule has 200 valence electrons. The van der Waals surface area contributed by atoms with Crippen LogP contribution in [0.1, 0.15) is 5.56 Å². The summed E-state index contributed by atoms with van der Waals surface area (Å²) < 4.78 is 58.5. The average Bonchev–Trinajstić information content (AvgIpc) is 3.35. The van der Waals surface area contributed by atoms with Gasteiger partial charge in [-0.2, -0.15) is 0 Å². The van der Waals surface area contributed by atoms with Crippen LogP contribution in [-0.2, 0) is 31.3 Å². The lowest BCUT2D eigenvalue weighted by Gasteiger charge is -2.26. The minimum atomic E-state index is -4.13. The van der Waals surface area contributed by atoms with E-state index in [9.17, 15) is 12.6 Å². The number of imidazole rings is 1. The van der Waals surface area contributed by atoms with Crippen molar-refractivity contribution in [1.29, 1.82) is 0 Å². The van der Waals surface area contributed by atoms with E-state index in [0.29, 0.717) is 29.1 Å². The first-order valence-electron chi connectivity index (χ1n) is 12.1. The molecular formula is C26H28N4O6S2. The van der Waals surface area contributed by atoms with Crippen LogP contribution in [0.25, 0.3) is 11.0 Å². The van der Waals surface area contributed by atoms with E-state index in [1.54, 1.807) is 49.6 Å². The molecule has 1 atom stereocenters. The summed E-state index contributed by atoms with van der Waals surface area (Å²) in [5.74, 6) is 1.26. The molecule has 0 saturated carbocycles. The molecule has 1 aliphatic rings. The van der Waals surface area contributed by atoms with Crippen LogP contribution in [0.4, 0.5) is 0 Å². The number of ether oxygens (including phenoxy) is 3. The zero-order chi connectivity index (χ0) is 26.5. The van der Waals surface area contributed by atoms with Gasteiger partial charge in [0.2, 0.25) is 5.16 Å². The van der Waals surface area contributed by atoms with E-state index in [2.05, 4.69) is 14.9 Å². The SMILES string of the molecule is COc1cccc(CS(=O)c2nc3cnccc3n2S(=O)(=O)c2ccc(OCCN3CCOCC3)cc2)c1. The molecular weight excluding hydrogens is 528 g/mol. The lowest BCUT2D eigenvalue weighted by atomic mass is 10.2. The smallest absolute Gasteiger partial charge is 0.270 e. The van der Waals surface area contributed by atoms with Gasteiger partial charge in [0.1, 0.15) is 23.6 Å². The summed E-state index contributed by atoms with van der Waals surface area (Å²) in [7, 11) is -4.34. The second kappa shape index (κ2) is 11.6. The van der Waals surface area contributed by atoms with Crippen molar-refractivity contribution in [2.45, 2.75) is 15.8 Å². The van der Waals surface area contributed by atoms with E-state index in [4.69, 9.17) is 14.2 Å². The van der Waals surface area contributed by atoms with Crippen LogP contribution in [0.15, 0.2) is 77.0 Å². The van der Waals surface area contributed by atoms with Gasteiger partial charge in [-0.25, -0.2) is 17.4 Å². The van der Waals surface area contributed by atoms with Crippen LogP contribution in [0, 0.1) is 0 Å². The summed E-state index contributed by atoms with van der Waals surface area (Å²) in [5.41, 5.74) is 1.38. The second-order valence-corrected chi connectivity index (χ2v) is 11.8. The quantitative estimate of drug-likeness (QED) is 0.291. The number of morpholine rings is 1. The molecule has 1 aliphatic heterocycles. The molecule has 0 aliphatic carbocycles. The summed E-state index contributed by atoms with van der Waals surface area (Å²) >= 11 is 0. The average molecular weight is 557 g/mol. The fourth-order valence-corrected chi connectivity index (χ4v) is 7.16. The zero-order valence-electron chi connectivity index (χ0n) is 20.9. The molecule has 1 unspecified atom stereocenters. The predicted molar refractivity (Wildman–Crippen MR) is 142 cm³/mol. The lowest BCUT2D eigenvalue weighted by molar-refractivity contribution is 0.0322. The molecule has 0 bridgehead atoms. The van der Waals surface area contributed by atoms with Crippen LogP contribution in [0.2, 0.25) is 0 Å². The van der Waals surface area contributed by atoms with Crippen molar-refractivity contribution in [2.24, 2.45) is 0 Å². The first-order valence-corrected chi connectivity index (χ1v) is 14.8. The van der Waals surface area contributed by atoms with Crippen LogP contribution in [0.5, 0.6) is 11.5 Å². The van der Waals surface area contributed by atoms with E-state index in [1.165, 1.54) is 24.5 Å². The molecule has 0 radical (unpaired) electrons. The van der Waals surface area contributed by atoms with Crippen molar-refractivity contribution < 1.29 is 26.8 Å². The molecule has 0 amide bonds. The van der Waals surface area contributed by atoms with Gasteiger partial charge in [0, 0.05) is 25.8 Å². The Morgan fingerprint density at radius 1 is 1.05 bits per heavy atom. The Morgan fingerprint density at radius 3 is 2.61 bits per heavy atom. The summed E-state index contributed by atoms with van der Waals surface area (Å²) in [6, 6.07) is 14.9. The van der Waals surface area contributed by atoms with Gasteiger partial charge in [-0.3, -0.25) is 14.1 Å². The first kappa shape index (κ1) is 26.3. The molecule has 5 rings (SSSR count). The fourth-order valence-electron chi connectivity index (χ4n) is 4.17. The Bertz CT molecular complexity index is 1530. The van der Waals surface area contributed by atoms with E-state index >= 15 is 0 Å². The van der Waals surface area contributed by atoms with Gasteiger partial charge in [-0.1, -0.05) is 12.1 Å². The van der Waals surface area contributed by atoms with Crippen LogP contribution in [-0.4, -0.2) is 78.0 Å². The van der Waals surface area contributed by atoms with E-state index in [-0.39, 0.29) is 15.8 Å². The first-order chi connectivity index (χ1) is 18.5. The van der Waals surface area contributed by atoms with Gasteiger partial charge in [0.05, 0.1) is 53.5 Å². The number of benzene rings is 2. The van der Waals surface area contributed by atoms with Gasteiger partial charge in [0.15, 0.2) is 0 Å². The highest BCUT2D eigenvalue weighted by Gasteiger charge is 2.27. The van der Waals surface area contributed by atoms with Crippen molar-refractivity contribution in [3.63, 3.8) is 0 Å². The van der Waals surface area contributed by atoms with Crippen molar-refractivity contribution in [3.05, 3.63) is 72.6 Å². The molecule has 4 aromatic rings. The summed E-state index contributed by atoms with van der Waals surface area (Å²) in [4.78, 5) is 10.7. The third-order valence-electron chi connectivity index (χ3n) is 6.16. The van der Waals surface area contributed by atoms with Gasteiger partial charge in [-0.05, 0) is 48.0 Å². The third kappa shape index (κ3) is 5.73. The molecule has 2 aromatic heterocycles. The number of aromatic nitrogens is 3. The van der Waals surface area contributed by atoms with Crippen molar-refractivity contribution in [3.8, 4) is 11.5 Å². The molecule has 0 spiro atoms. The standard InChI is InChI=1S/C26H28N4O6S2/c1-34-22-4-2-3-20(17-22)19-37(31)26-28-24-18-27-10-9-25(24)30(26)38(32,33)23-7-5-21(6-8-23)36-16-13-29-11-14-35-15-12-29/h2-10,17-18H,11-16,19H2,1H3. The van der Waals surface area contributed by atoms with Crippen molar-refractivity contribution >= 4 is 31.9 Å². The lowest BCUT2D eigenvalue weighted by Crippen LogP contribution is -2.38. The topological polar surface area (TPSA) is 113 Å². The highest BCUT2D eigenvalue weighted by atomic mass is 32.2. The molecule has 3 heterocycles. The van der Waals surface area contributed by atoms with Gasteiger partial charge in [-0.15, -0.1) is 0 Å². The Balaban J connectivity index is 1.39. The molecule has 10 nitrogen and oxygen atoms in total. The fraction of sp³-hybridized carbons (Fsp3) is 0.308. The van der Waals surface area contributed by atoms with Gasteiger partial charge in [0.25, 0.3) is 10.0 Å². The number of nitrogens with zero attached hydrogens (tertiary/aromatic N) is 4. The summed E-state index contributed by atoms with van der Waals surface area (Å²) in [6.07, 6.45) is 2.94. The molecule has 1 saturated heterocycles. The maximum absolute atomic E-state index is 13.8. The molecule has 1 fully saturated rings. The maximum Gasteiger partial charge on any atom is 0.270 e. The second-order valence-electron chi connectivity index (χ2n) is 8.64. The molecule has 2 aromatic carbocycles. The highest BCUT2D eigenvalue weighted by molar-refractivity contribution is 7.91.